The van der Waals surface area contributed by atoms with E-state index >= 15 is 4.39 Å². The Kier molecular flexibility index (Phi) is 10.2. The molecule has 54 heavy (non-hydrogen) atoms. The van der Waals surface area contributed by atoms with Gasteiger partial charge in [-0.3, -0.25) is 9.88 Å². The number of hydrogen-bond donors (Lipinski definition) is 2. The van der Waals surface area contributed by atoms with Crippen molar-refractivity contribution in [3.8, 4) is 35.4 Å². The number of aromatic hydroxyl groups is 1. The summed E-state index contributed by atoms with van der Waals surface area (Å²) >= 11 is 0. The number of nitrogens with zero attached hydrogens (tertiary/aromatic N) is 5. The summed E-state index contributed by atoms with van der Waals surface area (Å²) < 4.78 is 49.3. The number of nitrogens with one attached hydrogen (secondary N) is 1. The number of piperidine rings is 1. The Balaban J connectivity index is 1.10. The topological polar surface area (TPSA) is 122 Å². The second-order valence-corrected chi connectivity index (χ2v) is 15.2. The Morgan fingerprint density at radius 3 is 2.81 bits per heavy atom. The molecular formula is C41H46F2N6O5. The number of carbonyl (C=O) groups excluding carboxylic acids is 1. The number of pyridine rings is 1. The maximum absolute atomic E-state index is 17.0. The number of terminal acetylenes is 1. The largest absolute Gasteiger partial charge is 0.508 e. The molecule has 4 heterocycles. The lowest BCUT2D eigenvalue weighted by atomic mass is 9.74. The zero-order valence-corrected chi connectivity index (χ0v) is 30.6. The molecule has 2 aromatic heterocycles. The summed E-state index contributed by atoms with van der Waals surface area (Å²) in [4.78, 5) is 30.7. The molecule has 2 aliphatic carbocycles. The fourth-order valence-corrected chi connectivity index (χ4v) is 9.34. The molecule has 0 radical (unpaired) electrons. The minimum atomic E-state index is -0.747. The van der Waals surface area contributed by atoms with Gasteiger partial charge in [0.25, 0.3) is 0 Å². The van der Waals surface area contributed by atoms with E-state index in [2.05, 4.69) is 26.0 Å². The molecule has 4 aliphatic rings. The summed E-state index contributed by atoms with van der Waals surface area (Å²) in [5.41, 5.74) is -0.0712. The number of fused-ring (bicyclic) bond motifs is 3. The summed E-state index contributed by atoms with van der Waals surface area (Å²) in [6, 6.07) is 6.12. The molecule has 4 aromatic rings. The standard InChI is InChI=1S/C41H46F2N6O5/c1-3-29-32(42)10-9-26-20-28(50)21-30(34(26)29)36-35(43)37-31(22-44-36)38(48-14-7-16-52-17-15-48)47-39(46-37)54-24-41-11-5-8-33(41)49(13-6-12-41)23-25-18-27(19-25)45-40(51)53-4-2/h1,9-10,20-22,25,27,33,50H,4-8,11-19,23-24H2,2H3,(H,45,51)/t25?,27?,33-,41-/m1/s1. The number of likely N-dealkylation sites (tertiary alicyclic amines) is 1. The number of rotatable bonds is 9. The van der Waals surface area contributed by atoms with Gasteiger partial charge in [0, 0.05) is 60.9 Å². The molecule has 284 valence electrons. The first-order valence-electron chi connectivity index (χ1n) is 19.2. The number of amides is 1. The van der Waals surface area contributed by atoms with E-state index in [4.69, 9.17) is 30.6 Å². The summed E-state index contributed by atoms with van der Waals surface area (Å²) in [6.07, 6.45) is 14.9. The van der Waals surface area contributed by atoms with Gasteiger partial charge in [0.05, 0.1) is 30.8 Å². The fourth-order valence-electron chi connectivity index (χ4n) is 9.34. The molecule has 2 aliphatic heterocycles. The summed E-state index contributed by atoms with van der Waals surface area (Å²) in [5, 5.41) is 14.7. The smallest absolute Gasteiger partial charge is 0.407 e. The predicted molar refractivity (Wildman–Crippen MR) is 200 cm³/mol. The van der Waals surface area contributed by atoms with Gasteiger partial charge in [-0.05, 0) is 87.9 Å². The Morgan fingerprint density at radius 2 is 1.98 bits per heavy atom. The number of carbonyl (C=O) groups is 1. The van der Waals surface area contributed by atoms with Crippen molar-refractivity contribution < 1.29 is 32.9 Å². The van der Waals surface area contributed by atoms with Crippen molar-refractivity contribution in [3.63, 3.8) is 0 Å². The van der Waals surface area contributed by atoms with Crippen LogP contribution in [0.1, 0.15) is 63.9 Å². The quantitative estimate of drug-likeness (QED) is 0.182. The maximum Gasteiger partial charge on any atom is 0.407 e. The van der Waals surface area contributed by atoms with Crippen molar-refractivity contribution in [2.45, 2.75) is 70.4 Å². The average molecular weight is 741 g/mol. The zero-order valence-electron chi connectivity index (χ0n) is 30.6. The molecule has 2 N–H and O–H groups in total. The van der Waals surface area contributed by atoms with Gasteiger partial charge in [0.15, 0.2) is 5.82 Å². The van der Waals surface area contributed by atoms with Crippen molar-refractivity contribution in [3.05, 3.63) is 47.7 Å². The molecule has 2 aromatic carbocycles. The van der Waals surface area contributed by atoms with Crippen LogP contribution in [-0.2, 0) is 9.47 Å². The minimum Gasteiger partial charge on any atom is -0.508 e. The van der Waals surface area contributed by atoms with Gasteiger partial charge in [-0.15, -0.1) is 6.42 Å². The number of benzene rings is 2. The number of anilines is 1. The van der Waals surface area contributed by atoms with E-state index in [9.17, 15) is 14.3 Å². The van der Waals surface area contributed by atoms with Crippen LogP contribution in [0.25, 0.3) is 32.9 Å². The SMILES string of the molecule is C#Cc1c(F)ccc2cc(O)cc(-c3ncc4c(N5CCCOCC5)nc(OC[C@]56CCC[C@H]5N(CC5CC(NC(=O)OCC)C5)CCC6)nc4c3F)c12. The third kappa shape index (κ3) is 6.86. The predicted octanol–water partition coefficient (Wildman–Crippen LogP) is 6.58. The molecule has 2 saturated heterocycles. The highest BCUT2D eigenvalue weighted by Gasteiger charge is 2.49. The number of alkyl carbamates (subject to hydrolysis) is 1. The van der Waals surface area contributed by atoms with Gasteiger partial charge in [0.2, 0.25) is 0 Å². The molecule has 1 amide bonds. The van der Waals surface area contributed by atoms with Crippen LogP contribution in [0.3, 0.4) is 0 Å². The lowest BCUT2D eigenvalue weighted by molar-refractivity contribution is -0.0163. The molecule has 4 fully saturated rings. The highest BCUT2D eigenvalue weighted by atomic mass is 19.1. The molecule has 0 bridgehead atoms. The molecule has 8 rings (SSSR count). The van der Waals surface area contributed by atoms with Gasteiger partial charge in [0.1, 0.15) is 28.6 Å². The molecule has 13 heteroatoms. The molecule has 2 atom stereocenters. The van der Waals surface area contributed by atoms with Crippen LogP contribution in [0.5, 0.6) is 11.8 Å². The second kappa shape index (κ2) is 15.1. The third-order valence-corrected chi connectivity index (χ3v) is 11.9. The van der Waals surface area contributed by atoms with Gasteiger partial charge in [-0.1, -0.05) is 18.4 Å². The van der Waals surface area contributed by atoms with Crippen LogP contribution >= 0.6 is 0 Å². The molecule has 11 nitrogen and oxygen atoms in total. The van der Waals surface area contributed by atoms with Gasteiger partial charge < -0.3 is 29.5 Å². The average Bonchev–Trinajstić information content (AvgIpc) is 3.40. The van der Waals surface area contributed by atoms with E-state index in [1.54, 1.807) is 6.92 Å². The van der Waals surface area contributed by atoms with E-state index in [1.165, 1.54) is 30.5 Å². The van der Waals surface area contributed by atoms with E-state index < -0.39 is 11.6 Å². The normalized spacial score (nSPS) is 24.4. The van der Waals surface area contributed by atoms with Gasteiger partial charge >= 0.3 is 12.1 Å². The molecule has 0 unspecified atom stereocenters. The van der Waals surface area contributed by atoms with Crippen molar-refractivity contribution in [1.82, 2.24) is 25.2 Å². The monoisotopic (exact) mass is 740 g/mol. The van der Waals surface area contributed by atoms with Gasteiger partial charge in [-0.25, -0.2) is 13.6 Å². The van der Waals surface area contributed by atoms with E-state index in [0.717, 1.165) is 64.5 Å². The van der Waals surface area contributed by atoms with Crippen molar-refractivity contribution in [1.29, 1.82) is 0 Å². The first-order valence-corrected chi connectivity index (χ1v) is 19.2. The van der Waals surface area contributed by atoms with Crippen LogP contribution < -0.4 is 15.0 Å². The summed E-state index contributed by atoms with van der Waals surface area (Å²) in [6.45, 7) is 6.89. The number of ether oxygens (including phenoxy) is 3. The Labute approximate surface area is 313 Å². The molecular weight excluding hydrogens is 694 g/mol. The number of halogens is 2. The van der Waals surface area contributed by atoms with Crippen molar-refractivity contribution in [2.24, 2.45) is 11.3 Å². The maximum atomic E-state index is 17.0. The van der Waals surface area contributed by atoms with Crippen LogP contribution in [0.4, 0.5) is 19.4 Å². The lowest BCUT2D eigenvalue weighted by Crippen LogP contribution is -2.55. The van der Waals surface area contributed by atoms with Crippen molar-refractivity contribution >= 4 is 33.6 Å². The number of phenolic OH excluding ortho intramolecular Hbond substituents is 1. The highest BCUT2D eigenvalue weighted by molar-refractivity contribution is 6.03. The van der Waals surface area contributed by atoms with Crippen LogP contribution in [-0.4, -0.2) is 95.7 Å². The lowest BCUT2D eigenvalue weighted by Gasteiger charge is -2.49. The van der Waals surface area contributed by atoms with E-state index in [1.807, 2.05) is 0 Å². The Morgan fingerprint density at radius 1 is 1.13 bits per heavy atom. The Bertz CT molecular complexity index is 2100. The van der Waals surface area contributed by atoms with E-state index in [-0.39, 0.29) is 57.0 Å². The zero-order chi connectivity index (χ0) is 37.4. The number of aromatic nitrogens is 3. The van der Waals surface area contributed by atoms with Crippen LogP contribution in [0.15, 0.2) is 30.5 Å². The van der Waals surface area contributed by atoms with Gasteiger partial charge in [-0.2, -0.15) is 9.97 Å². The minimum absolute atomic E-state index is 0.0158. The Hall–Kier alpha value is -4.80. The van der Waals surface area contributed by atoms with E-state index in [0.29, 0.717) is 68.1 Å². The number of hydrogen-bond acceptors (Lipinski definition) is 10. The van der Waals surface area contributed by atoms with Crippen LogP contribution in [0, 0.1) is 35.3 Å². The van der Waals surface area contributed by atoms with Crippen LogP contribution in [0.2, 0.25) is 0 Å². The molecule has 2 saturated carbocycles. The highest BCUT2D eigenvalue weighted by Crippen LogP contribution is 2.49. The third-order valence-electron chi connectivity index (χ3n) is 11.9. The van der Waals surface area contributed by atoms with Crippen molar-refractivity contribution in [2.75, 3.05) is 57.5 Å². The molecule has 0 spiro atoms. The summed E-state index contributed by atoms with van der Waals surface area (Å²) in [7, 11) is 0. The second-order valence-electron chi connectivity index (χ2n) is 15.2. The number of phenols is 1. The first kappa shape index (κ1) is 36.2. The summed E-state index contributed by atoms with van der Waals surface area (Å²) in [5.74, 6) is 1.91. The fraction of sp³-hybridized carbons (Fsp3) is 0.512. The first-order chi connectivity index (χ1) is 26.3.